The van der Waals surface area contributed by atoms with Crippen molar-refractivity contribution in [2.24, 2.45) is 0 Å². The number of halogens is 1. The second-order valence-corrected chi connectivity index (χ2v) is 9.04. The number of thiazole rings is 1. The van der Waals surface area contributed by atoms with Crippen molar-refractivity contribution >= 4 is 51.6 Å². The van der Waals surface area contributed by atoms with Crippen LogP contribution < -0.4 is 5.32 Å². The quantitative estimate of drug-likeness (QED) is 0.860. The van der Waals surface area contributed by atoms with Gasteiger partial charge in [0.2, 0.25) is 11.8 Å². The van der Waals surface area contributed by atoms with Crippen LogP contribution in [0.15, 0.2) is 29.6 Å². The Labute approximate surface area is 158 Å². The van der Waals surface area contributed by atoms with Gasteiger partial charge in [-0.3, -0.25) is 9.59 Å². The molecule has 0 unspecified atom stereocenters. The lowest BCUT2D eigenvalue weighted by atomic mass is 10.2. The molecule has 2 aliphatic rings. The molecule has 25 heavy (non-hydrogen) atoms. The number of aromatic nitrogens is 1. The minimum atomic E-state index is -0.433. The molecular formula is C17H16ClN3O2S2. The Morgan fingerprint density at radius 1 is 1.44 bits per heavy atom. The van der Waals surface area contributed by atoms with Gasteiger partial charge in [0.05, 0.1) is 10.6 Å². The second kappa shape index (κ2) is 6.30. The molecule has 4 rings (SSSR count). The molecule has 2 amide bonds. The third-order valence-corrected chi connectivity index (χ3v) is 7.22. The second-order valence-electron chi connectivity index (χ2n) is 6.27. The largest absolute Gasteiger partial charge is 0.315 e. The zero-order chi connectivity index (χ0) is 17.6. The number of anilines is 1. The fraction of sp³-hybridized carbons (Fsp3) is 0.353. The lowest BCUT2D eigenvalue weighted by Gasteiger charge is -2.29. The molecule has 0 radical (unpaired) electrons. The third kappa shape index (κ3) is 2.94. The minimum Gasteiger partial charge on any atom is -0.315 e. The van der Waals surface area contributed by atoms with E-state index >= 15 is 0 Å². The molecule has 2 aromatic rings. The smallest absolute Gasteiger partial charge is 0.249 e. The van der Waals surface area contributed by atoms with E-state index < -0.39 is 6.04 Å². The number of amides is 2. The van der Waals surface area contributed by atoms with Gasteiger partial charge in [-0.25, -0.2) is 4.98 Å². The molecular weight excluding hydrogens is 378 g/mol. The van der Waals surface area contributed by atoms with Crippen molar-refractivity contribution in [3.05, 3.63) is 34.7 Å². The van der Waals surface area contributed by atoms with E-state index in [1.807, 2.05) is 36.6 Å². The van der Waals surface area contributed by atoms with Crippen LogP contribution in [-0.2, 0) is 9.59 Å². The highest BCUT2D eigenvalue weighted by Gasteiger charge is 2.52. The summed E-state index contributed by atoms with van der Waals surface area (Å²) in [4.78, 5) is 30.8. The summed E-state index contributed by atoms with van der Waals surface area (Å²) in [6.07, 6.45) is 1.31. The fourth-order valence-corrected chi connectivity index (χ4v) is 5.71. The van der Waals surface area contributed by atoms with Crippen molar-refractivity contribution in [3.63, 3.8) is 0 Å². The molecule has 2 fully saturated rings. The van der Waals surface area contributed by atoms with Crippen molar-refractivity contribution in [3.8, 4) is 11.3 Å². The van der Waals surface area contributed by atoms with E-state index in [1.165, 1.54) is 11.3 Å². The first-order chi connectivity index (χ1) is 12.0. The number of benzene rings is 1. The van der Waals surface area contributed by atoms with Crippen LogP contribution >= 0.6 is 34.7 Å². The zero-order valence-electron chi connectivity index (χ0n) is 13.5. The first kappa shape index (κ1) is 16.9. The molecule has 8 heteroatoms. The molecule has 2 saturated heterocycles. The van der Waals surface area contributed by atoms with Gasteiger partial charge in [-0.2, -0.15) is 0 Å². The Kier molecular flexibility index (Phi) is 4.25. The number of fused-ring (bicyclic) bond motifs is 1. The number of nitrogens with zero attached hydrogens (tertiary/aromatic N) is 2. The van der Waals surface area contributed by atoms with Crippen LogP contribution in [0.2, 0.25) is 5.02 Å². The van der Waals surface area contributed by atoms with Crippen LogP contribution in [0.3, 0.4) is 0 Å². The van der Waals surface area contributed by atoms with Gasteiger partial charge in [0.15, 0.2) is 5.13 Å². The van der Waals surface area contributed by atoms with Gasteiger partial charge in [-0.05, 0) is 19.4 Å². The first-order valence-corrected chi connectivity index (χ1v) is 10.2. The van der Waals surface area contributed by atoms with Gasteiger partial charge in [0, 0.05) is 28.1 Å². The van der Waals surface area contributed by atoms with E-state index in [2.05, 4.69) is 10.3 Å². The van der Waals surface area contributed by atoms with E-state index in [0.717, 1.165) is 17.7 Å². The normalized spacial score (nSPS) is 25.3. The maximum atomic E-state index is 12.7. The van der Waals surface area contributed by atoms with E-state index in [-0.39, 0.29) is 16.7 Å². The van der Waals surface area contributed by atoms with Crippen LogP contribution in [0.1, 0.15) is 19.8 Å². The molecule has 1 aromatic heterocycles. The molecule has 0 bridgehead atoms. The van der Waals surface area contributed by atoms with Gasteiger partial charge in [-0.1, -0.05) is 29.8 Å². The Hall–Kier alpha value is -1.57. The molecule has 5 nitrogen and oxygen atoms in total. The maximum Gasteiger partial charge on any atom is 0.249 e. The Balaban J connectivity index is 1.51. The predicted octanol–water partition coefficient (Wildman–Crippen LogP) is 3.86. The lowest BCUT2D eigenvalue weighted by Crippen LogP contribution is -2.48. The first-order valence-electron chi connectivity index (χ1n) is 7.95. The van der Waals surface area contributed by atoms with Gasteiger partial charge < -0.3 is 10.2 Å². The summed E-state index contributed by atoms with van der Waals surface area (Å²) < 4.78 is 0. The van der Waals surface area contributed by atoms with Gasteiger partial charge in [-0.15, -0.1) is 23.1 Å². The summed E-state index contributed by atoms with van der Waals surface area (Å²) in [5.74, 6) is 0.506. The van der Waals surface area contributed by atoms with Gasteiger partial charge in [0.25, 0.3) is 0 Å². The van der Waals surface area contributed by atoms with E-state index in [4.69, 9.17) is 11.6 Å². The van der Waals surface area contributed by atoms with Crippen LogP contribution in [0, 0.1) is 0 Å². The van der Waals surface area contributed by atoms with E-state index in [0.29, 0.717) is 22.3 Å². The monoisotopic (exact) mass is 393 g/mol. The number of hydrogen-bond acceptors (Lipinski definition) is 5. The Morgan fingerprint density at radius 2 is 2.24 bits per heavy atom. The molecule has 2 aliphatic heterocycles. The van der Waals surface area contributed by atoms with Crippen molar-refractivity contribution in [2.45, 2.75) is 30.7 Å². The maximum absolute atomic E-state index is 12.7. The number of thioether (sulfide) groups is 1. The summed E-state index contributed by atoms with van der Waals surface area (Å²) >= 11 is 9.23. The van der Waals surface area contributed by atoms with Crippen molar-refractivity contribution in [2.75, 3.05) is 11.1 Å². The number of nitrogens with one attached hydrogen (secondary N) is 1. The average Bonchev–Trinajstić information content (AvgIpc) is 3.24. The molecule has 1 N–H and O–H groups in total. The minimum absolute atomic E-state index is 0.0588. The summed E-state index contributed by atoms with van der Waals surface area (Å²) in [6, 6.07) is 7.03. The lowest BCUT2D eigenvalue weighted by molar-refractivity contribution is -0.135. The molecule has 3 heterocycles. The molecule has 1 aromatic carbocycles. The summed E-state index contributed by atoms with van der Waals surface area (Å²) in [5.41, 5.74) is 1.56. The average molecular weight is 394 g/mol. The van der Waals surface area contributed by atoms with Crippen LogP contribution in [0.5, 0.6) is 0 Å². The third-order valence-electron chi connectivity index (χ3n) is 4.63. The highest BCUT2D eigenvalue weighted by Crippen LogP contribution is 2.47. The summed E-state index contributed by atoms with van der Waals surface area (Å²) in [5, 5.41) is 5.87. The highest BCUT2D eigenvalue weighted by atomic mass is 35.5. The number of carbonyl (C=O) groups is 2. The number of carbonyl (C=O) groups excluding carboxylic acids is 2. The van der Waals surface area contributed by atoms with E-state index in [9.17, 15) is 9.59 Å². The molecule has 130 valence electrons. The molecule has 0 aliphatic carbocycles. The SMILES string of the molecule is C[C@]12CCC(=O)N1[C@H](C(=O)Nc1nc(-c3ccccc3Cl)cs1)CS2. The van der Waals surface area contributed by atoms with Crippen LogP contribution in [0.4, 0.5) is 5.13 Å². The fourth-order valence-electron chi connectivity index (χ4n) is 3.33. The van der Waals surface area contributed by atoms with Crippen LogP contribution in [0.25, 0.3) is 11.3 Å². The Bertz CT molecular complexity index is 856. The van der Waals surface area contributed by atoms with Crippen molar-refractivity contribution in [1.29, 1.82) is 0 Å². The Morgan fingerprint density at radius 3 is 3.04 bits per heavy atom. The number of rotatable bonds is 3. The van der Waals surface area contributed by atoms with Gasteiger partial charge in [0.1, 0.15) is 6.04 Å². The predicted molar refractivity (Wildman–Crippen MR) is 102 cm³/mol. The molecule has 0 spiro atoms. The van der Waals surface area contributed by atoms with Crippen molar-refractivity contribution < 1.29 is 9.59 Å². The van der Waals surface area contributed by atoms with Crippen LogP contribution in [-0.4, -0.2) is 38.4 Å². The highest BCUT2D eigenvalue weighted by molar-refractivity contribution is 8.01. The zero-order valence-corrected chi connectivity index (χ0v) is 15.9. The summed E-state index contributed by atoms with van der Waals surface area (Å²) in [7, 11) is 0. The molecule has 0 saturated carbocycles. The van der Waals surface area contributed by atoms with Gasteiger partial charge >= 0.3 is 0 Å². The number of hydrogen-bond donors (Lipinski definition) is 1. The van der Waals surface area contributed by atoms with E-state index in [1.54, 1.807) is 16.7 Å². The molecule has 2 atom stereocenters. The van der Waals surface area contributed by atoms with Crippen molar-refractivity contribution in [1.82, 2.24) is 9.88 Å². The standard InChI is InChI=1S/C17H16ClN3O2S2/c1-17-7-6-14(22)21(17)13(9-25-17)15(23)20-16-19-12(8-24-16)10-4-2-3-5-11(10)18/h2-5,8,13H,6-7,9H2,1H3,(H,19,20,23)/t13-,17-/m0/s1. The topological polar surface area (TPSA) is 62.3 Å². The summed E-state index contributed by atoms with van der Waals surface area (Å²) in [6.45, 7) is 2.04.